The summed E-state index contributed by atoms with van der Waals surface area (Å²) in [7, 11) is 0. The molecule has 2 atom stereocenters. The molecule has 0 aliphatic carbocycles. The molecular formula is C14H18N2O4. The summed E-state index contributed by atoms with van der Waals surface area (Å²) in [5.41, 5.74) is 6.68. The smallest absolute Gasteiger partial charge is 0.410 e. The number of carbonyl (C=O) groups is 2. The summed E-state index contributed by atoms with van der Waals surface area (Å²) in [4.78, 5) is 24.2. The van der Waals surface area contributed by atoms with E-state index < -0.39 is 12.1 Å². The molecule has 1 fully saturated rings. The first-order valence-corrected chi connectivity index (χ1v) is 6.51. The molecule has 1 aromatic rings. The van der Waals surface area contributed by atoms with Crippen molar-refractivity contribution in [2.24, 2.45) is 5.73 Å². The topological polar surface area (TPSA) is 92.9 Å². The Balaban J connectivity index is 1.91. The molecule has 1 aromatic carbocycles. The highest BCUT2D eigenvalue weighted by Crippen LogP contribution is 2.21. The minimum absolute atomic E-state index is 0.103. The van der Waals surface area contributed by atoms with Crippen molar-refractivity contribution in [3.05, 3.63) is 35.9 Å². The number of carboxylic acid groups (broad SMARTS) is 1. The largest absolute Gasteiger partial charge is 0.481 e. The maximum absolute atomic E-state index is 12.0. The fourth-order valence-corrected chi connectivity index (χ4v) is 2.37. The van der Waals surface area contributed by atoms with Crippen LogP contribution in [0.15, 0.2) is 30.3 Å². The molecule has 1 heterocycles. The van der Waals surface area contributed by atoms with Gasteiger partial charge in [-0.1, -0.05) is 30.3 Å². The molecule has 6 heteroatoms. The molecule has 108 valence electrons. The average molecular weight is 278 g/mol. The number of amides is 1. The number of nitrogens with zero attached hydrogens (tertiary/aromatic N) is 1. The summed E-state index contributed by atoms with van der Waals surface area (Å²) in [6.45, 7) is 0.511. The van der Waals surface area contributed by atoms with E-state index in [1.54, 1.807) is 0 Å². The Morgan fingerprint density at radius 2 is 2.05 bits per heavy atom. The standard InChI is InChI=1S/C14H18N2O4/c15-11-6-12(7-13(17)18)16(8-11)14(19)20-9-10-4-2-1-3-5-10/h1-5,11-12H,6-9,15H2,(H,17,18)/t11-,12+/m1/s1. The Labute approximate surface area is 117 Å². The molecule has 0 spiro atoms. The van der Waals surface area contributed by atoms with Crippen molar-refractivity contribution >= 4 is 12.1 Å². The maximum atomic E-state index is 12.0. The third-order valence-corrected chi connectivity index (χ3v) is 3.30. The molecular weight excluding hydrogens is 260 g/mol. The number of carbonyl (C=O) groups excluding carboxylic acids is 1. The number of benzene rings is 1. The number of hydrogen-bond acceptors (Lipinski definition) is 4. The zero-order valence-corrected chi connectivity index (χ0v) is 11.1. The third kappa shape index (κ3) is 3.71. The van der Waals surface area contributed by atoms with Crippen molar-refractivity contribution in [3.8, 4) is 0 Å². The monoisotopic (exact) mass is 278 g/mol. The Bertz CT molecular complexity index is 477. The Morgan fingerprint density at radius 1 is 1.35 bits per heavy atom. The quantitative estimate of drug-likeness (QED) is 0.863. The first-order valence-electron chi connectivity index (χ1n) is 6.51. The molecule has 20 heavy (non-hydrogen) atoms. The molecule has 1 aliphatic heterocycles. The van der Waals surface area contributed by atoms with Crippen LogP contribution in [0.2, 0.25) is 0 Å². The van der Waals surface area contributed by atoms with Crippen LogP contribution in [0.25, 0.3) is 0 Å². The van der Waals surface area contributed by atoms with Gasteiger partial charge in [0, 0.05) is 18.6 Å². The van der Waals surface area contributed by atoms with Gasteiger partial charge >= 0.3 is 12.1 Å². The molecule has 0 bridgehead atoms. The van der Waals surface area contributed by atoms with E-state index in [9.17, 15) is 9.59 Å². The first kappa shape index (κ1) is 14.3. The van der Waals surface area contributed by atoms with Crippen LogP contribution in [-0.2, 0) is 16.1 Å². The number of nitrogens with two attached hydrogens (primary N) is 1. The lowest BCUT2D eigenvalue weighted by Crippen LogP contribution is -2.38. The lowest BCUT2D eigenvalue weighted by Gasteiger charge is -2.22. The average Bonchev–Trinajstić information content (AvgIpc) is 2.77. The van der Waals surface area contributed by atoms with Gasteiger partial charge in [0.05, 0.1) is 6.42 Å². The lowest BCUT2D eigenvalue weighted by molar-refractivity contribution is -0.138. The van der Waals surface area contributed by atoms with Gasteiger partial charge < -0.3 is 20.5 Å². The van der Waals surface area contributed by atoms with E-state index in [1.165, 1.54) is 4.90 Å². The molecule has 1 amide bonds. The van der Waals surface area contributed by atoms with E-state index in [0.717, 1.165) is 5.56 Å². The molecule has 1 saturated heterocycles. The van der Waals surface area contributed by atoms with E-state index >= 15 is 0 Å². The van der Waals surface area contributed by atoms with Gasteiger partial charge in [-0.25, -0.2) is 4.79 Å². The predicted molar refractivity (Wildman–Crippen MR) is 72.0 cm³/mol. The maximum Gasteiger partial charge on any atom is 0.410 e. The SMILES string of the molecule is N[C@@H]1C[C@@H](CC(=O)O)N(C(=O)OCc2ccccc2)C1. The van der Waals surface area contributed by atoms with E-state index in [2.05, 4.69) is 0 Å². The number of rotatable bonds is 4. The summed E-state index contributed by atoms with van der Waals surface area (Å²) < 4.78 is 5.21. The molecule has 0 unspecified atom stereocenters. The first-order chi connectivity index (χ1) is 9.56. The molecule has 0 saturated carbocycles. The molecule has 1 aliphatic rings. The van der Waals surface area contributed by atoms with Crippen molar-refractivity contribution in [3.63, 3.8) is 0 Å². The van der Waals surface area contributed by atoms with Gasteiger partial charge in [-0.05, 0) is 12.0 Å². The Hall–Kier alpha value is -2.08. The second-order valence-electron chi connectivity index (χ2n) is 4.94. The van der Waals surface area contributed by atoms with Crippen LogP contribution in [0.4, 0.5) is 4.79 Å². The number of carboxylic acids is 1. The molecule has 0 aromatic heterocycles. The van der Waals surface area contributed by atoms with E-state index in [1.807, 2.05) is 30.3 Å². The minimum Gasteiger partial charge on any atom is -0.481 e. The molecule has 0 radical (unpaired) electrons. The van der Waals surface area contributed by atoms with Crippen LogP contribution in [-0.4, -0.2) is 40.7 Å². The van der Waals surface area contributed by atoms with Crippen LogP contribution in [0.3, 0.4) is 0 Å². The molecule has 3 N–H and O–H groups in total. The van der Waals surface area contributed by atoms with Crippen LogP contribution in [0.5, 0.6) is 0 Å². The summed E-state index contributed by atoms with van der Waals surface area (Å²) >= 11 is 0. The van der Waals surface area contributed by atoms with Gasteiger partial charge in [-0.2, -0.15) is 0 Å². The lowest BCUT2D eigenvalue weighted by atomic mass is 10.1. The van der Waals surface area contributed by atoms with E-state index in [-0.39, 0.29) is 25.1 Å². The van der Waals surface area contributed by atoms with Gasteiger partial charge in [-0.3, -0.25) is 4.79 Å². The fourth-order valence-electron chi connectivity index (χ4n) is 2.37. The Kier molecular flexibility index (Phi) is 4.57. The number of ether oxygens (including phenoxy) is 1. The summed E-state index contributed by atoms with van der Waals surface area (Å²) in [6, 6.07) is 8.75. The van der Waals surface area contributed by atoms with Crippen LogP contribution >= 0.6 is 0 Å². The summed E-state index contributed by atoms with van der Waals surface area (Å²) in [5.74, 6) is -0.940. The van der Waals surface area contributed by atoms with Gasteiger partial charge in [0.15, 0.2) is 0 Å². The van der Waals surface area contributed by atoms with Crippen molar-refractivity contribution in [1.29, 1.82) is 0 Å². The Morgan fingerprint density at radius 3 is 2.70 bits per heavy atom. The number of aliphatic carboxylic acids is 1. The van der Waals surface area contributed by atoms with Crippen molar-refractivity contribution in [2.75, 3.05) is 6.54 Å². The highest BCUT2D eigenvalue weighted by Gasteiger charge is 2.35. The highest BCUT2D eigenvalue weighted by atomic mass is 16.6. The minimum atomic E-state index is -0.940. The molecule has 2 rings (SSSR count). The summed E-state index contributed by atoms with van der Waals surface area (Å²) in [5, 5.41) is 8.85. The van der Waals surface area contributed by atoms with Gasteiger partial charge in [0.25, 0.3) is 0 Å². The van der Waals surface area contributed by atoms with Crippen molar-refractivity contribution in [2.45, 2.75) is 31.5 Å². The van der Waals surface area contributed by atoms with E-state index in [4.69, 9.17) is 15.6 Å². The van der Waals surface area contributed by atoms with Crippen molar-refractivity contribution in [1.82, 2.24) is 4.90 Å². The zero-order chi connectivity index (χ0) is 14.5. The third-order valence-electron chi connectivity index (χ3n) is 3.30. The zero-order valence-electron chi connectivity index (χ0n) is 11.1. The summed E-state index contributed by atoms with van der Waals surface area (Å²) in [6.07, 6.45) is -0.117. The predicted octanol–water partition coefficient (Wildman–Crippen LogP) is 1.20. The van der Waals surface area contributed by atoms with Crippen molar-refractivity contribution < 1.29 is 19.4 Å². The van der Waals surface area contributed by atoms with Crippen LogP contribution in [0, 0.1) is 0 Å². The van der Waals surface area contributed by atoms with Crippen LogP contribution < -0.4 is 5.73 Å². The normalized spacial score (nSPS) is 21.8. The van der Waals surface area contributed by atoms with Crippen LogP contribution in [0.1, 0.15) is 18.4 Å². The number of hydrogen-bond donors (Lipinski definition) is 2. The van der Waals surface area contributed by atoms with Gasteiger partial charge in [0.2, 0.25) is 0 Å². The number of likely N-dealkylation sites (tertiary alicyclic amines) is 1. The van der Waals surface area contributed by atoms with Gasteiger partial charge in [0.1, 0.15) is 6.61 Å². The highest BCUT2D eigenvalue weighted by molar-refractivity contribution is 5.72. The second-order valence-corrected chi connectivity index (χ2v) is 4.94. The molecule has 6 nitrogen and oxygen atoms in total. The fraction of sp³-hybridized carbons (Fsp3) is 0.429. The van der Waals surface area contributed by atoms with E-state index in [0.29, 0.717) is 13.0 Å². The van der Waals surface area contributed by atoms with Gasteiger partial charge in [-0.15, -0.1) is 0 Å². The second kappa shape index (κ2) is 6.38.